The standard InChI is InChI=1S/C46H48ClN5O6S2/c47-36-14-10-33(11-15-36)43-9-5-4-6-35(43)26-32-20-23-50(24-21-32)38-16-12-34(13-17-38)46(53)49-60(56,57)42-18-19-44(45(28-42)52(54)55)48-37(31-59-41-7-2-1-3-8-41)22-25-51-29-40-27-39(51)30-58-40/h1-19,28,32,37,39-40,48H,20-27,29-31H2,(H,49,53)/t37-,39-,40-/m1/s1. The molecular formula is C46H48ClN5O6S2. The number of ether oxygens (including phenoxy) is 1. The van der Waals surface area contributed by atoms with Crippen LogP contribution in [0.15, 0.2) is 131 Å². The van der Waals surface area contributed by atoms with E-state index in [2.05, 4.69) is 56.2 Å². The van der Waals surface area contributed by atoms with Crippen LogP contribution in [0.25, 0.3) is 11.1 Å². The predicted octanol–water partition coefficient (Wildman–Crippen LogP) is 8.93. The Morgan fingerprint density at radius 3 is 2.37 bits per heavy atom. The normalized spacial score (nSPS) is 18.6. The van der Waals surface area contributed by atoms with Gasteiger partial charge in [0.1, 0.15) is 5.69 Å². The lowest BCUT2D eigenvalue weighted by molar-refractivity contribution is -0.384. The minimum atomic E-state index is -4.44. The lowest BCUT2D eigenvalue weighted by atomic mass is 9.87. The van der Waals surface area contributed by atoms with Gasteiger partial charge in [-0.05, 0) is 115 Å². The van der Waals surface area contributed by atoms with Gasteiger partial charge in [-0.2, -0.15) is 0 Å². The zero-order chi connectivity index (χ0) is 41.6. The molecule has 0 unspecified atom stereocenters. The van der Waals surface area contributed by atoms with Crippen molar-refractivity contribution in [2.24, 2.45) is 5.92 Å². The fourth-order valence-corrected chi connectivity index (χ4v) is 10.6. The predicted molar refractivity (Wildman–Crippen MR) is 239 cm³/mol. The fraction of sp³-hybridized carbons (Fsp3) is 0.326. The Balaban J connectivity index is 0.879. The molecule has 3 fully saturated rings. The van der Waals surface area contributed by atoms with Crippen LogP contribution in [0.2, 0.25) is 5.02 Å². The zero-order valence-electron chi connectivity index (χ0n) is 33.1. The molecule has 5 aromatic carbocycles. The monoisotopic (exact) mass is 865 g/mol. The van der Waals surface area contributed by atoms with Crippen LogP contribution in [0.5, 0.6) is 0 Å². The van der Waals surface area contributed by atoms with Gasteiger partial charge in [-0.3, -0.25) is 19.8 Å². The molecule has 3 aliphatic heterocycles. The Morgan fingerprint density at radius 1 is 0.933 bits per heavy atom. The molecule has 60 heavy (non-hydrogen) atoms. The number of sulfonamides is 1. The van der Waals surface area contributed by atoms with Gasteiger partial charge in [-0.15, -0.1) is 11.8 Å². The van der Waals surface area contributed by atoms with Crippen molar-refractivity contribution >= 4 is 56.4 Å². The summed E-state index contributed by atoms with van der Waals surface area (Å²) in [6, 6.07) is 37.3. The zero-order valence-corrected chi connectivity index (χ0v) is 35.5. The molecule has 0 aliphatic carbocycles. The first-order chi connectivity index (χ1) is 29.1. The van der Waals surface area contributed by atoms with E-state index < -0.39 is 20.9 Å². The van der Waals surface area contributed by atoms with Gasteiger partial charge in [0.2, 0.25) is 0 Å². The number of nitro groups is 1. The number of morpholine rings is 1. The third-order valence-electron chi connectivity index (χ3n) is 11.8. The Morgan fingerprint density at radius 2 is 1.67 bits per heavy atom. The van der Waals surface area contributed by atoms with Crippen molar-refractivity contribution in [1.29, 1.82) is 0 Å². The van der Waals surface area contributed by atoms with Crippen LogP contribution < -0.4 is 14.9 Å². The quantitative estimate of drug-likeness (QED) is 0.0563. The molecule has 0 radical (unpaired) electrons. The molecule has 11 nitrogen and oxygen atoms in total. The first kappa shape index (κ1) is 41.8. The Bertz CT molecular complexity index is 2400. The lowest BCUT2D eigenvalue weighted by Gasteiger charge is -2.34. The summed E-state index contributed by atoms with van der Waals surface area (Å²) < 4.78 is 34.8. The maximum Gasteiger partial charge on any atom is 0.293 e. The van der Waals surface area contributed by atoms with Crippen molar-refractivity contribution < 1.29 is 22.9 Å². The minimum Gasteiger partial charge on any atom is -0.376 e. The number of carbonyl (C=O) groups excluding carboxylic acids is 1. The molecule has 0 saturated carbocycles. The van der Waals surface area contributed by atoms with Gasteiger partial charge in [0.05, 0.1) is 22.5 Å². The first-order valence-electron chi connectivity index (χ1n) is 20.4. The molecule has 14 heteroatoms. The average molecular weight is 867 g/mol. The van der Waals surface area contributed by atoms with Crippen LogP contribution in [0.4, 0.5) is 17.1 Å². The summed E-state index contributed by atoms with van der Waals surface area (Å²) in [4.78, 5) is 30.4. The highest BCUT2D eigenvalue weighted by atomic mass is 35.5. The second kappa shape index (κ2) is 18.8. The number of anilines is 2. The maximum atomic E-state index is 13.5. The Hall–Kier alpha value is -4.92. The molecular weight excluding hydrogens is 818 g/mol. The Labute approximate surface area is 360 Å². The number of likely N-dealkylation sites (tertiary alicyclic amines) is 1. The number of halogens is 1. The number of fused-ring (bicyclic) bond motifs is 2. The second-order valence-electron chi connectivity index (χ2n) is 15.8. The summed E-state index contributed by atoms with van der Waals surface area (Å²) in [6.45, 7) is 4.14. The summed E-state index contributed by atoms with van der Waals surface area (Å²) in [7, 11) is -4.44. The van der Waals surface area contributed by atoms with Gasteiger partial charge in [0, 0.05) is 71.3 Å². The number of carbonyl (C=O) groups is 1. The number of nitrogens with one attached hydrogen (secondary N) is 2. The van der Waals surface area contributed by atoms with Crippen molar-refractivity contribution in [2.75, 3.05) is 48.8 Å². The van der Waals surface area contributed by atoms with Crippen LogP contribution in [0.3, 0.4) is 0 Å². The summed E-state index contributed by atoms with van der Waals surface area (Å²) in [5, 5.41) is 16.4. The van der Waals surface area contributed by atoms with E-state index in [4.69, 9.17) is 16.3 Å². The average Bonchev–Trinajstić information content (AvgIpc) is 3.90. The molecule has 3 saturated heterocycles. The molecule has 3 heterocycles. The second-order valence-corrected chi connectivity index (χ2v) is 19.0. The highest BCUT2D eigenvalue weighted by molar-refractivity contribution is 7.99. The van der Waals surface area contributed by atoms with Gasteiger partial charge in [0.15, 0.2) is 0 Å². The maximum absolute atomic E-state index is 13.5. The molecule has 312 valence electrons. The number of piperidine rings is 1. The SMILES string of the molecule is O=C(NS(=O)(=O)c1ccc(N[C@H](CCN2C[C@H]3C[C@@H]2CO3)CSc2ccccc2)c([N+](=O)[O-])c1)c1ccc(N2CCC(Cc3ccccc3-c3ccc(Cl)cc3)CC2)cc1. The third kappa shape index (κ3) is 10.2. The lowest BCUT2D eigenvalue weighted by Crippen LogP contribution is -2.39. The van der Waals surface area contributed by atoms with Crippen molar-refractivity contribution in [3.63, 3.8) is 0 Å². The van der Waals surface area contributed by atoms with Crippen LogP contribution in [0, 0.1) is 16.0 Å². The molecule has 0 spiro atoms. The fourth-order valence-electron chi connectivity index (χ4n) is 8.54. The number of benzene rings is 5. The highest BCUT2D eigenvalue weighted by Gasteiger charge is 2.38. The summed E-state index contributed by atoms with van der Waals surface area (Å²) in [5.74, 6) is 0.355. The number of thioether (sulfide) groups is 1. The van der Waals surface area contributed by atoms with E-state index in [0.717, 1.165) is 92.1 Å². The van der Waals surface area contributed by atoms with Gasteiger partial charge < -0.3 is 15.0 Å². The van der Waals surface area contributed by atoms with E-state index >= 15 is 0 Å². The van der Waals surface area contributed by atoms with E-state index in [1.807, 2.05) is 54.6 Å². The van der Waals surface area contributed by atoms with Gasteiger partial charge in [0.25, 0.3) is 21.6 Å². The molecule has 8 rings (SSSR count). The molecule has 0 aromatic heterocycles. The van der Waals surface area contributed by atoms with Crippen molar-refractivity contribution in [1.82, 2.24) is 9.62 Å². The largest absolute Gasteiger partial charge is 0.376 e. The van der Waals surface area contributed by atoms with Gasteiger partial charge in [-0.1, -0.05) is 66.2 Å². The molecule has 3 atom stereocenters. The smallest absolute Gasteiger partial charge is 0.293 e. The highest BCUT2D eigenvalue weighted by Crippen LogP contribution is 2.34. The van der Waals surface area contributed by atoms with E-state index in [1.165, 1.54) is 23.3 Å². The number of hydrogen-bond donors (Lipinski definition) is 2. The summed E-state index contributed by atoms with van der Waals surface area (Å²) >= 11 is 7.79. The van der Waals surface area contributed by atoms with E-state index in [0.29, 0.717) is 17.7 Å². The summed E-state index contributed by atoms with van der Waals surface area (Å²) in [5.41, 5.74) is 4.66. The summed E-state index contributed by atoms with van der Waals surface area (Å²) in [6.07, 6.45) is 5.04. The van der Waals surface area contributed by atoms with Crippen molar-refractivity contribution in [3.05, 3.63) is 148 Å². The van der Waals surface area contributed by atoms with E-state index in [-0.39, 0.29) is 34.0 Å². The molecule has 3 aliphatic rings. The van der Waals surface area contributed by atoms with Crippen LogP contribution >= 0.6 is 23.4 Å². The number of nitro benzene ring substituents is 1. The first-order valence-corrected chi connectivity index (χ1v) is 23.3. The van der Waals surface area contributed by atoms with E-state index in [9.17, 15) is 23.3 Å². The number of hydrogen-bond acceptors (Lipinski definition) is 10. The molecule has 1 amide bonds. The number of amides is 1. The van der Waals surface area contributed by atoms with Crippen LogP contribution in [-0.4, -0.2) is 80.9 Å². The molecule has 2 N–H and O–H groups in total. The topological polar surface area (TPSA) is 134 Å². The van der Waals surface area contributed by atoms with Gasteiger partial charge in [-0.25, -0.2) is 13.1 Å². The molecule has 5 aromatic rings. The third-order valence-corrected chi connectivity index (χ3v) is 14.6. The number of nitrogens with zero attached hydrogens (tertiary/aromatic N) is 3. The Kier molecular flexibility index (Phi) is 13.1. The van der Waals surface area contributed by atoms with Crippen LogP contribution in [0.1, 0.15) is 41.6 Å². The van der Waals surface area contributed by atoms with E-state index in [1.54, 1.807) is 23.9 Å². The van der Waals surface area contributed by atoms with Crippen molar-refractivity contribution in [2.45, 2.75) is 60.1 Å². The molecule has 2 bridgehead atoms. The minimum absolute atomic E-state index is 0.145. The van der Waals surface area contributed by atoms with Gasteiger partial charge >= 0.3 is 0 Å². The van der Waals surface area contributed by atoms with Crippen molar-refractivity contribution in [3.8, 4) is 11.1 Å². The number of rotatable bonds is 16. The van der Waals surface area contributed by atoms with Crippen LogP contribution in [-0.2, 0) is 21.2 Å².